The first-order valence-corrected chi connectivity index (χ1v) is 13.3. The van der Waals surface area contributed by atoms with Crippen molar-refractivity contribution in [2.45, 2.75) is 45.4 Å². The van der Waals surface area contributed by atoms with Crippen molar-refractivity contribution in [1.82, 2.24) is 25.1 Å². The minimum Gasteiger partial charge on any atom is -0.371 e. The monoisotopic (exact) mass is 491 g/mol. The maximum atomic E-state index is 5.02. The van der Waals surface area contributed by atoms with Crippen molar-refractivity contribution in [3.63, 3.8) is 0 Å². The van der Waals surface area contributed by atoms with Crippen LogP contribution < -0.4 is 10.2 Å². The number of fused-ring (bicyclic) bond motifs is 2. The van der Waals surface area contributed by atoms with E-state index in [4.69, 9.17) is 4.98 Å². The maximum absolute atomic E-state index is 5.02. The van der Waals surface area contributed by atoms with Gasteiger partial charge in [0.2, 0.25) is 0 Å². The Morgan fingerprint density at radius 2 is 1.95 bits per heavy atom. The van der Waals surface area contributed by atoms with E-state index in [1.54, 1.807) is 0 Å². The summed E-state index contributed by atoms with van der Waals surface area (Å²) in [5, 5.41) is 12.4. The minimum absolute atomic E-state index is 0.827. The topological polar surface area (TPSA) is 85.5 Å². The molecule has 0 unspecified atom stereocenters. The van der Waals surface area contributed by atoms with E-state index in [0.29, 0.717) is 0 Å². The molecule has 0 spiro atoms. The number of nitrogens with zero attached hydrogens (tertiary/aromatic N) is 4. The van der Waals surface area contributed by atoms with Crippen LogP contribution in [0.1, 0.15) is 45.4 Å². The first kappa shape index (κ1) is 23.3. The highest BCUT2D eigenvalue weighted by molar-refractivity contribution is 5.99. The first-order chi connectivity index (χ1) is 18.2. The van der Waals surface area contributed by atoms with Gasteiger partial charge in [0.05, 0.1) is 28.8 Å². The summed E-state index contributed by atoms with van der Waals surface area (Å²) < 4.78 is 0. The number of aromatic amines is 2. The van der Waals surface area contributed by atoms with Gasteiger partial charge in [0.15, 0.2) is 0 Å². The molecule has 0 bridgehead atoms. The number of allylic oxidation sites excluding steroid dienone is 1. The zero-order chi connectivity index (χ0) is 25.2. The fraction of sp³-hybridized carbons (Fsp3) is 0.300. The molecule has 5 heterocycles. The van der Waals surface area contributed by atoms with Crippen LogP contribution in [0.15, 0.2) is 67.1 Å². The average molecular weight is 492 g/mol. The Hall–Kier alpha value is -4.13. The molecule has 1 aromatic carbocycles. The fourth-order valence-electron chi connectivity index (χ4n) is 5.23. The smallest absolute Gasteiger partial charge is 0.135 e. The molecule has 7 nitrogen and oxygen atoms in total. The number of unbranched alkanes of at least 4 members (excludes halogenated alkanes) is 1. The van der Waals surface area contributed by atoms with Gasteiger partial charge in [0.1, 0.15) is 11.2 Å². The number of piperidine rings is 1. The molecule has 4 aromatic heterocycles. The van der Waals surface area contributed by atoms with E-state index in [9.17, 15) is 0 Å². The van der Waals surface area contributed by atoms with Crippen molar-refractivity contribution in [1.29, 1.82) is 0 Å². The van der Waals surface area contributed by atoms with Gasteiger partial charge in [-0.05, 0) is 68.5 Å². The van der Waals surface area contributed by atoms with Gasteiger partial charge in [-0.2, -0.15) is 5.10 Å². The zero-order valence-corrected chi connectivity index (χ0v) is 21.3. The molecule has 37 heavy (non-hydrogen) atoms. The van der Waals surface area contributed by atoms with Gasteiger partial charge >= 0.3 is 0 Å². The number of anilines is 2. The average Bonchev–Trinajstić information content (AvgIpc) is 3.56. The van der Waals surface area contributed by atoms with Gasteiger partial charge in [-0.1, -0.05) is 26.0 Å². The number of hydrogen-bond donors (Lipinski definition) is 3. The van der Waals surface area contributed by atoms with Crippen LogP contribution in [-0.4, -0.2) is 38.2 Å². The highest BCUT2D eigenvalue weighted by Crippen LogP contribution is 2.34. The fourth-order valence-corrected chi connectivity index (χ4v) is 5.23. The number of H-pyrrole nitrogens is 2. The second-order valence-corrected chi connectivity index (χ2v) is 9.93. The Labute approximate surface area is 217 Å². The molecule has 1 aliphatic heterocycles. The van der Waals surface area contributed by atoms with Crippen LogP contribution in [0.25, 0.3) is 44.6 Å². The molecule has 1 fully saturated rings. The molecule has 0 saturated carbocycles. The van der Waals surface area contributed by atoms with Crippen LogP contribution in [0.5, 0.6) is 0 Å². The molecule has 0 amide bonds. The van der Waals surface area contributed by atoms with Crippen LogP contribution in [-0.2, 0) is 0 Å². The molecule has 0 radical (unpaired) electrons. The van der Waals surface area contributed by atoms with E-state index in [-0.39, 0.29) is 0 Å². The minimum atomic E-state index is 0.827. The lowest BCUT2D eigenvalue weighted by molar-refractivity contribution is 0.579. The van der Waals surface area contributed by atoms with E-state index in [0.717, 1.165) is 82.9 Å². The molecule has 7 heteroatoms. The summed E-state index contributed by atoms with van der Waals surface area (Å²) in [5.74, 6) is 0. The third kappa shape index (κ3) is 4.69. The first-order valence-electron chi connectivity index (χ1n) is 13.3. The summed E-state index contributed by atoms with van der Waals surface area (Å²) >= 11 is 0. The number of nitrogens with one attached hydrogen (secondary N) is 3. The summed E-state index contributed by atoms with van der Waals surface area (Å²) in [6.07, 6.45) is 10.7. The largest absolute Gasteiger partial charge is 0.371 e. The van der Waals surface area contributed by atoms with Crippen LogP contribution >= 0.6 is 0 Å². The van der Waals surface area contributed by atoms with Gasteiger partial charge in [-0.3, -0.25) is 10.1 Å². The molecule has 0 aliphatic carbocycles. The molecule has 0 atom stereocenters. The Morgan fingerprint density at radius 1 is 1.05 bits per heavy atom. The number of rotatable bonds is 8. The summed E-state index contributed by atoms with van der Waals surface area (Å²) in [5.41, 5.74) is 9.70. The Balaban J connectivity index is 1.34. The van der Waals surface area contributed by atoms with E-state index in [2.05, 4.69) is 74.2 Å². The highest BCUT2D eigenvalue weighted by atomic mass is 15.1. The van der Waals surface area contributed by atoms with E-state index < -0.39 is 0 Å². The van der Waals surface area contributed by atoms with Crippen LogP contribution in [0.2, 0.25) is 0 Å². The van der Waals surface area contributed by atoms with Crippen LogP contribution in [0, 0.1) is 0 Å². The summed E-state index contributed by atoms with van der Waals surface area (Å²) in [4.78, 5) is 15.6. The van der Waals surface area contributed by atoms with Crippen molar-refractivity contribution < 1.29 is 0 Å². The lowest BCUT2D eigenvalue weighted by Gasteiger charge is -2.29. The molecule has 3 N–H and O–H groups in total. The third-order valence-corrected chi connectivity index (χ3v) is 7.19. The van der Waals surface area contributed by atoms with Gasteiger partial charge in [-0.15, -0.1) is 0 Å². The third-order valence-electron chi connectivity index (χ3n) is 7.19. The Morgan fingerprint density at radius 3 is 2.81 bits per heavy atom. The van der Waals surface area contributed by atoms with Gasteiger partial charge < -0.3 is 15.2 Å². The number of pyridine rings is 2. The van der Waals surface area contributed by atoms with Crippen molar-refractivity contribution >= 4 is 33.3 Å². The number of aromatic nitrogens is 5. The van der Waals surface area contributed by atoms with Crippen molar-refractivity contribution in [3.05, 3.63) is 67.1 Å². The van der Waals surface area contributed by atoms with Crippen molar-refractivity contribution in [2.75, 3.05) is 23.3 Å². The molecule has 5 aromatic rings. The normalized spacial score (nSPS) is 13.9. The molecular weight excluding hydrogens is 458 g/mol. The highest BCUT2D eigenvalue weighted by Gasteiger charge is 2.18. The summed E-state index contributed by atoms with van der Waals surface area (Å²) in [7, 11) is 0. The van der Waals surface area contributed by atoms with Crippen LogP contribution in [0.4, 0.5) is 11.4 Å². The van der Waals surface area contributed by atoms with Crippen LogP contribution in [0.3, 0.4) is 0 Å². The predicted molar refractivity (Wildman–Crippen MR) is 153 cm³/mol. The van der Waals surface area contributed by atoms with Crippen molar-refractivity contribution in [3.8, 4) is 22.6 Å². The predicted octanol–water partition coefficient (Wildman–Crippen LogP) is 7.27. The quantitative estimate of drug-likeness (QED) is 0.212. The van der Waals surface area contributed by atoms with E-state index in [1.165, 1.54) is 30.3 Å². The molecular formula is C30H33N7. The second kappa shape index (κ2) is 10.1. The number of hydrogen-bond acceptors (Lipinski definition) is 5. The summed E-state index contributed by atoms with van der Waals surface area (Å²) in [6.45, 7) is 8.56. The molecule has 188 valence electrons. The van der Waals surface area contributed by atoms with Crippen molar-refractivity contribution in [2.24, 2.45) is 0 Å². The molecule has 6 rings (SSSR count). The Kier molecular flexibility index (Phi) is 6.35. The second-order valence-electron chi connectivity index (χ2n) is 9.93. The Bertz CT molecular complexity index is 1560. The zero-order valence-electron chi connectivity index (χ0n) is 21.3. The van der Waals surface area contributed by atoms with Gasteiger partial charge in [-0.25, -0.2) is 4.98 Å². The molecule has 1 aliphatic rings. The van der Waals surface area contributed by atoms with E-state index >= 15 is 0 Å². The lowest BCUT2D eigenvalue weighted by atomic mass is 10.1. The molecule has 1 saturated heterocycles. The van der Waals surface area contributed by atoms with Gasteiger partial charge in [0.25, 0.3) is 0 Å². The standard InChI is InChI=1S/C30H33N7/c1-3-4-9-20(2)32-22-16-21(18-31-19-22)24-12-13-26-29(34-24)30(36-35-26)27-17-23-25(33-27)10-8-11-28(23)37-14-6-5-7-15-37/h8,10-13,16-19,32-33H,2-7,9,14-15H2,1H3,(H,35,36). The SMILES string of the molecule is C=C(CCCC)Nc1cncc(-c2ccc3[nH]nc(-c4cc5c(N6CCCCC6)cccc5[nH]4)c3n2)c1. The van der Waals surface area contributed by atoms with Gasteiger partial charge in [0, 0.05) is 47.1 Å². The maximum Gasteiger partial charge on any atom is 0.135 e. The number of benzene rings is 1. The summed E-state index contributed by atoms with van der Waals surface area (Å²) in [6, 6.07) is 14.8. The van der Waals surface area contributed by atoms with E-state index in [1.807, 2.05) is 24.5 Å². The lowest BCUT2D eigenvalue weighted by Crippen LogP contribution is -2.29.